The molecule has 1 aliphatic rings. The molecule has 72 valence electrons. The van der Waals surface area contributed by atoms with Gasteiger partial charge in [-0.3, -0.25) is 4.74 Å². The predicted octanol–water partition coefficient (Wildman–Crippen LogP) is 2.18. The van der Waals surface area contributed by atoms with Gasteiger partial charge in [-0.15, -0.1) is 0 Å². The summed E-state index contributed by atoms with van der Waals surface area (Å²) in [7, 11) is 0. The molecule has 1 atom stereocenters. The van der Waals surface area contributed by atoms with Crippen LogP contribution in [0.5, 0.6) is 0 Å². The Morgan fingerprint density at radius 3 is 1.50 bits per heavy atom. The number of hydrogen-bond donors (Lipinski definition) is 0. The van der Waals surface area contributed by atoms with Gasteiger partial charge in [-0.2, -0.15) is 22.0 Å². The van der Waals surface area contributed by atoms with E-state index in [1.807, 2.05) is 0 Å². The standard InChI is InChI=1S/C4HF7O/c5-1(6)2(7,8)3(9)4(10,11)12-3/h1H/t3-/m1/s1. The molecule has 1 aliphatic heterocycles. The quantitative estimate of drug-likeness (QED) is 0.489. The molecule has 0 unspecified atom stereocenters. The number of rotatable bonds is 2. The lowest BCUT2D eigenvalue weighted by Gasteiger charge is -2.14. The Kier molecular flexibility index (Phi) is 1.62. The summed E-state index contributed by atoms with van der Waals surface area (Å²) in [5.41, 5.74) is 0. The van der Waals surface area contributed by atoms with Gasteiger partial charge in [0.25, 0.3) is 0 Å². The van der Waals surface area contributed by atoms with Crippen LogP contribution in [-0.4, -0.2) is 24.3 Å². The van der Waals surface area contributed by atoms with E-state index < -0.39 is 24.3 Å². The molecule has 1 rings (SSSR count). The molecular weight excluding hydrogens is 197 g/mol. The maximum Gasteiger partial charge on any atom is 0.424 e. The highest BCUT2D eigenvalue weighted by molar-refractivity contribution is 5.05. The van der Waals surface area contributed by atoms with Gasteiger partial charge in [-0.05, 0) is 0 Å². The van der Waals surface area contributed by atoms with Crippen LogP contribution >= 0.6 is 0 Å². The molecule has 0 N–H and O–H groups in total. The van der Waals surface area contributed by atoms with E-state index >= 15 is 0 Å². The van der Waals surface area contributed by atoms with Crippen LogP contribution in [0.3, 0.4) is 0 Å². The summed E-state index contributed by atoms with van der Waals surface area (Å²) in [6.45, 7) is 0. The van der Waals surface area contributed by atoms with Crippen molar-refractivity contribution in [3.05, 3.63) is 0 Å². The highest BCUT2D eigenvalue weighted by Crippen LogP contribution is 2.61. The molecular formula is C4HF7O. The van der Waals surface area contributed by atoms with E-state index in [1.165, 1.54) is 0 Å². The highest BCUT2D eigenvalue weighted by atomic mass is 19.3. The second kappa shape index (κ2) is 2.04. The van der Waals surface area contributed by atoms with E-state index in [2.05, 4.69) is 4.74 Å². The number of hydrogen-bond acceptors (Lipinski definition) is 1. The Hall–Kier alpha value is -0.530. The maximum absolute atomic E-state index is 12.1. The molecule has 0 saturated carbocycles. The SMILES string of the molecule is FC(F)C(F)(F)[C@@]1(F)OC1(F)F. The second-order valence-electron chi connectivity index (χ2n) is 2.14. The van der Waals surface area contributed by atoms with Gasteiger partial charge >= 0.3 is 24.3 Å². The molecule has 0 aliphatic carbocycles. The molecule has 1 heterocycles. The van der Waals surface area contributed by atoms with Crippen LogP contribution in [0.15, 0.2) is 0 Å². The zero-order chi connectivity index (χ0) is 9.78. The molecule has 0 aromatic heterocycles. The summed E-state index contributed by atoms with van der Waals surface area (Å²) in [4.78, 5) is 0. The van der Waals surface area contributed by atoms with E-state index in [-0.39, 0.29) is 0 Å². The average Bonchev–Trinajstić information content (AvgIpc) is 2.33. The van der Waals surface area contributed by atoms with Crippen molar-refractivity contribution in [1.82, 2.24) is 0 Å². The van der Waals surface area contributed by atoms with Crippen LogP contribution in [0.25, 0.3) is 0 Å². The summed E-state index contributed by atoms with van der Waals surface area (Å²) in [5.74, 6) is -10.3. The second-order valence-corrected chi connectivity index (χ2v) is 2.14. The molecule has 1 nitrogen and oxygen atoms in total. The minimum atomic E-state index is -5.49. The zero-order valence-electron chi connectivity index (χ0n) is 5.13. The molecule has 0 radical (unpaired) electrons. The molecule has 0 bridgehead atoms. The van der Waals surface area contributed by atoms with E-state index in [0.717, 1.165) is 0 Å². The fourth-order valence-corrected chi connectivity index (χ4v) is 0.554. The smallest absolute Gasteiger partial charge is 0.265 e. The highest BCUT2D eigenvalue weighted by Gasteiger charge is 2.90. The molecule has 0 aromatic carbocycles. The lowest BCUT2D eigenvalue weighted by atomic mass is 10.2. The van der Waals surface area contributed by atoms with Gasteiger partial charge in [0.1, 0.15) is 0 Å². The van der Waals surface area contributed by atoms with Crippen molar-refractivity contribution in [3.63, 3.8) is 0 Å². The van der Waals surface area contributed by atoms with Crippen LogP contribution in [0.2, 0.25) is 0 Å². The Labute approximate surface area is 61.1 Å². The lowest BCUT2D eigenvalue weighted by Crippen LogP contribution is -2.43. The number of ether oxygens (including phenoxy) is 1. The van der Waals surface area contributed by atoms with Gasteiger partial charge in [0.15, 0.2) is 0 Å². The van der Waals surface area contributed by atoms with E-state index in [4.69, 9.17) is 0 Å². The van der Waals surface area contributed by atoms with E-state index in [1.54, 1.807) is 0 Å². The van der Waals surface area contributed by atoms with Crippen LogP contribution in [-0.2, 0) is 4.74 Å². The molecule has 0 amide bonds. The third kappa shape index (κ3) is 0.900. The lowest BCUT2D eigenvalue weighted by molar-refractivity contribution is -0.216. The molecule has 1 saturated heterocycles. The summed E-state index contributed by atoms with van der Waals surface area (Å²) >= 11 is 0. The molecule has 0 spiro atoms. The molecule has 1 fully saturated rings. The first-order valence-corrected chi connectivity index (χ1v) is 2.58. The van der Waals surface area contributed by atoms with Crippen molar-refractivity contribution in [2.45, 2.75) is 24.3 Å². The summed E-state index contributed by atoms with van der Waals surface area (Å²) in [6, 6.07) is 0. The Morgan fingerprint density at radius 1 is 1.08 bits per heavy atom. The molecule has 8 heteroatoms. The maximum atomic E-state index is 12.1. The first kappa shape index (κ1) is 9.56. The fraction of sp³-hybridized carbons (Fsp3) is 1.00. The van der Waals surface area contributed by atoms with Crippen molar-refractivity contribution in [2.24, 2.45) is 0 Å². The Bertz CT molecular complexity index is 199. The van der Waals surface area contributed by atoms with Gasteiger partial charge in [0.05, 0.1) is 0 Å². The van der Waals surface area contributed by atoms with Crippen LogP contribution < -0.4 is 0 Å². The Morgan fingerprint density at radius 2 is 1.42 bits per heavy atom. The van der Waals surface area contributed by atoms with Crippen LogP contribution in [0, 0.1) is 0 Å². The van der Waals surface area contributed by atoms with Crippen LogP contribution in [0.1, 0.15) is 0 Å². The van der Waals surface area contributed by atoms with Crippen molar-refractivity contribution in [3.8, 4) is 0 Å². The summed E-state index contributed by atoms with van der Waals surface area (Å²) < 4.78 is 84.3. The van der Waals surface area contributed by atoms with Crippen LogP contribution in [0.4, 0.5) is 30.7 Å². The topological polar surface area (TPSA) is 12.5 Å². The normalized spacial score (nSPS) is 34.0. The largest absolute Gasteiger partial charge is 0.424 e. The first-order chi connectivity index (χ1) is 5.15. The van der Waals surface area contributed by atoms with E-state index in [0.29, 0.717) is 0 Å². The first-order valence-electron chi connectivity index (χ1n) is 2.58. The minimum Gasteiger partial charge on any atom is -0.265 e. The summed E-state index contributed by atoms with van der Waals surface area (Å²) in [6.07, 6.45) is -9.36. The minimum absolute atomic E-state index is 2.59. The number of epoxide rings is 1. The molecule has 12 heavy (non-hydrogen) atoms. The van der Waals surface area contributed by atoms with Gasteiger partial charge in [0.2, 0.25) is 0 Å². The van der Waals surface area contributed by atoms with Crippen molar-refractivity contribution < 1.29 is 35.5 Å². The van der Waals surface area contributed by atoms with Gasteiger partial charge in [-0.25, -0.2) is 8.78 Å². The van der Waals surface area contributed by atoms with E-state index in [9.17, 15) is 30.7 Å². The van der Waals surface area contributed by atoms with Gasteiger partial charge in [-0.1, -0.05) is 0 Å². The molecule has 0 aromatic rings. The third-order valence-electron chi connectivity index (χ3n) is 1.30. The van der Waals surface area contributed by atoms with Gasteiger partial charge < -0.3 is 0 Å². The number of alkyl halides is 7. The van der Waals surface area contributed by atoms with Crippen molar-refractivity contribution >= 4 is 0 Å². The van der Waals surface area contributed by atoms with Gasteiger partial charge in [0, 0.05) is 0 Å². The fourth-order valence-electron chi connectivity index (χ4n) is 0.554. The Balaban J connectivity index is 2.85. The number of halogens is 7. The van der Waals surface area contributed by atoms with Crippen molar-refractivity contribution in [1.29, 1.82) is 0 Å². The third-order valence-corrected chi connectivity index (χ3v) is 1.30. The predicted molar refractivity (Wildman–Crippen MR) is 20.8 cm³/mol. The summed E-state index contributed by atoms with van der Waals surface area (Å²) in [5, 5.41) is 0. The zero-order valence-corrected chi connectivity index (χ0v) is 5.13. The van der Waals surface area contributed by atoms with Crippen molar-refractivity contribution in [2.75, 3.05) is 0 Å². The monoisotopic (exact) mass is 198 g/mol. The average molecular weight is 198 g/mol.